The average Bonchev–Trinajstić information content (AvgIpc) is 2.82. The summed E-state index contributed by atoms with van der Waals surface area (Å²) in [5.74, 6) is 2.91. The Morgan fingerprint density at radius 2 is 0.935 bits per heavy atom. The molecule has 0 radical (unpaired) electrons. The highest BCUT2D eigenvalue weighted by atomic mass is 16.5. The Balaban J connectivity index is 2.38. The number of aryl methyl sites for hydroxylation is 1. The molecule has 0 spiro atoms. The Labute approximate surface area is 182 Å². The molecule has 0 aromatic heterocycles. The first-order valence-corrected chi connectivity index (χ1v) is 9.75. The van der Waals surface area contributed by atoms with Crippen LogP contribution in [0.4, 0.5) is 0 Å². The second-order valence-corrected chi connectivity index (χ2v) is 7.02. The molecule has 6 heteroatoms. The molecule has 31 heavy (non-hydrogen) atoms. The van der Waals surface area contributed by atoms with Crippen molar-refractivity contribution in [2.45, 2.75) is 12.5 Å². The molecule has 0 heterocycles. The highest BCUT2D eigenvalue weighted by Gasteiger charge is 2.40. The van der Waals surface area contributed by atoms with Crippen LogP contribution in [0.5, 0.6) is 28.7 Å². The van der Waals surface area contributed by atoms with E-state index in [1.807, 2.05) is 25.1 Å². The molecule has 0 aliphatic heterocycles. The number of rotatable bonds is 8. The molecule has 0 aliphatic rings. The average molecular weight is 424 g/mol. The Bertz CT molecular complexity index is 1000. The zero-order valence-corrected chi connectivity index (χ0v) is 18.7. The minimum absolute atomic E-state index is 0.481. The van der Waals surface area contributed by atoms with Crippen LogP contribution < -0.4 is 23.7 Å². The summed E-state index contributed by atoms with van der Waals surface area (Å²) in [4.78, 5) is 0. The lowest BCUT2D eigenvalue weighted by molar-refractivity contribution is 0.117. The third-order valence-corrected chi connectivity index (χ3v) is 5.42. The molecular weight excluding hydrogens is 396 g/mol. The van der Waals surface area contributed by atoms with E-state index in [0.29, 0.717) is 45.4 Å². The van der Waals surface area contributed by atoms with Crippen molar-refractivity contribution in [2.75, 3.05) is 35.5 Å². The van der Waals surface area contributed by atoms with E-state index < -0.39 is 5.60 Å². The third-order valence-electron chi connectivity index (χ3n) is 5.42. The zero-order chi connectivity index (χ0) is 22.6. The van der Waals surface area contributed by atoms with Crippen molar-refractivity contribution < 1.29 is 28.8 Å². The van der Waals surface area contributed by atoms with Gasteiger partial charge in [-0.15, -0.1) is 0 Å². The third kappa shape index (κ3) is 3.99. The lowest BCUT2D eigenvalue weighted by Crippen LogP contribution is -2.31. The zero-order valence-electron chi connectivity index (χ0n) is 18.7. The minimum atomic E-state index is -1.59. The van der Waals surface area contributed by atoms with Crippen molar-refractivity contribution in [3.05, 3.63) is 76.9 Å². The Morgan fingerprint density at radius 3 is 1.29 bits per heavy atom. The summed E-state index contributed by atoms with van der Waals surface area (Å²) in [6.07, 6.45) is 0. The predicted molar refractivity (Wildman–Crippen MR) is 119 cm³/mol. The molecule has 1 N–H and O–H groups in total. The first-order chi connectivity index (χ1) is 14.9. The monoisotopic (exact) mass is 424 g/mol. The van der Waals surface area contributed by atoms with Crippen molar-refractivity contribution >= 4 is 0 Å². The molecule has 164 valence electrons. The Hall–Kier alpha value is -3.38. The standard InChI is InChI=1S/C25H28O6/c1-16-13-17(27-2)7-10-20(16)25(26,21-11-8-18(28-3)14-23(21)30-5)22-12-9-19(29-4)15-24(22)31-6/h7-15,26H,1-6H3. The maximum absolute atomic E-state index is 12.4. The fourth-order valence-electron chi connectivity index (χ4n) is 3.80. The summed E-state index contributed by atoms with van der Waals surface area (Å²) >= 11 is 0. The number of benzene rings is 3. The van der Waals surface area contributed by atoms with Crippen LogP contribution >= 0.6 is 0 Å². The number of methoxy groups -OCH3 is 5. The van der Waals surface area contributed by atoms with Gasteiger partial charge in [0.2, 0.25) is 0 Å². The SMILES string of the molecule is COc1ccc(C(O)(c2ccc(OC)cc2OC)c2ccc(OC)cc2OC)c(C)c1. The van der Waals surface area contributed by atoms with E-state index in [1.165, 1.54) is 0 Å². The smallest absolute Gasteiger partial charge is 0.147 e. The summed E-state index contributed by atoms with van der Waals surface area (Å²) in [6.45, 7) is 1.93. The van der Waals surface area contributed by atoms with Crippen LogP contribution in [-0.4, -0.2) is 40.7 Å². The van der Waals surface area contributed by atoms with Crippen LogP contribution in [0.3, 0.4) is 0 Å². The fraction of sp³-hybridized carbons (Fsp3) is 0.280. The predicted octanol–water partition coefficient (Wildman–Crippen LogP) is 4.32. The van der Waals surface area contributed by atoms with Crippen molar-refractivity contribution in [3.8, 4) is 28.7 Å². The maximum atomic E-state index is 12.4. The van der Waals surface area contributed by atoms with Gasteiger partial charge >= 0.3 is 0 Å². The van der Waals surface area contributed by atoms with Crippen molar-refractivity contribution in [1.29, 1.82) is 0 Å². The van der Waals surface area contributed by atoms with Crippen LogP contribution in [0.1, 0.15) is 22.3 Å². The van der Waals surface area contributed by atoms with Crippen LogP contribution in [0.2, 0.25) is 0 Å². The molecule has 0 aliphatic carbocycles. The molecule has 3 aromatic rings. The van der Waals surface area contributed by atoms with Gasteiger partial charge in [-0.25, -0.2) is 0 Å². The molecule has 0 fully saturated rings. The van der Waals surface area contributed by atoms with E-state index in [2.05, 4.69) is 0 Å². The van der Waals surface area contributed by atoms with Crippen LogP contribution in [0.15, 0.2) is 54.6 Å². The van der Waals surface area contributed by atoms with Crippen molar-refractivity contribution in [2.24, 2.45) is 0 Å². The number of ether oxygens (including phenoxy) is 5. The normalized spacial score (nSPS) is 11.1. The van der Waals surface area contributed by atoms with Gasteiger partial charge in [-0.05, 0) is 54.4 Å². The second-order valence-electron chi connectivity index (χ2n) is 7.02. The van der Waals surface area contributed by atoms with E-state index in [-0.39, 0.29) is 0 Å². The highest BCUT2D eigenvalue weighted by molar-refractivity contribution is 5.60. The van der Waals surface area contributed by atoms with Crippen molar-refractivity contribution in [3.63, 3.8) is 0 Å². The molecule has 0 amide bonds. The van der Waals surface area contributed by atoms with E-state index >= 15 is 0 Å². The lowest BCUT2D eigenvalue weighted by atomic mass is 9.77. The minimum Gasteiger partial charge on any atom is -0.497 e. The van der Waals surface area contributed by atoms with Gasteiger partial charge in [0.05, 0.1) is 35.5 Å². The second kappa shape index (κ2) is 9.18. The number of hydrogen-bond acceptors (Lipinski definition) is 6. The van der Waals surface area contributed by atoms with Gasteiger partial charge < -0.3 is 28.8 Å². The van der Waals surface area contributed by atoms with Crippen LogP contribution in [0.25, 0.3) is 0 Å². The maximum Gasteiger partial charge on any atom is 0.147 e. The molecule has 0 bridgehead atoms. The summed E-state index contributed by atoms with van der Waals surface area (Å²) in [6, 6.07) is 16.2. The van der Waals surface area contributed by atoms with Gasteiger partial charge in [0, 0.05) is 23.3 Å². The Kier molecular flexibility index (Phi) is 6.61. The molecule has 0 unspecified atom stereocenters. The number of hydrogen-bond donors (Lipinski definition) is 1. The number of aliphatic hydroxyl groups is 1. The van der Waals surface area contributed by atoms with Gasteiger partial charge in [-0.2, -0.15) is 0 Å². The largest absolute Gasteiger partial charge is 0.497 e. The quantitative estimate of drug-likeness (QED) is 0.543. The molecule has 0 saturated heterocycles. The van der Waals surface area contributed by atoms with Gasteiger partial charge in [0.25, 0.3) is 0 Å². The lowest BCUT2D eigenvalue weighted by Gasteiger charge is -2.34. The molecule has 3 rings (SSSR count). The van der Waals surface area contributed by atoms with Crippen molar-refractivity contribution in [1.82, 2.24) is 0 Å². The van der Waals surface area contributed by atoms with Crippen LogP contribution in [0, 0.1) is 6.92 Å². The molecule has 0 atom stereocenters. The fourth-order valence-corrected chi connectivity index (χ4v) is 3.80. The van der Waals surface area contributed by atoms with Gasteiger partial charge in [-0.1, -0.05) is 6.07 Å². The topological polar surface area (TPSA) is 66.4 Å². The highest BCUT2D eigenvalue weighted by Crippen LogP contribution is 2.47. The van der Waals surface area contributed by atoms with Gasteiger partial charge in [0.15, 0.2) is 0 Å². The molecule has 0 saturated carbocycles. The Morgan fingerprint density at radius 1 is 0.548 bits per heavy atom. The van der Waals surface area contributed by atoms with Crippen LogP contribution in [-0.2, 0) is 5.60 Å². The molecular formula is C25H28O6. The summed E-state index contributed by atoms with van der Waals surface area (Å²) in [5, 5.41) is 12.4. The first-order valence-electron chi connectivity index (χ1n) is 9.75. The summed E-state index contributed by atoms with van der Waals surface area (Å²) < 4.78 is 27.4. The van der Waals surface area contributed by atoms with Gasteiger partial charge in [-0.3, -0.25) is 0 Å². The van der Waals surface area contributed by atoms with E-state index in [9.17, 15) is 5.11 Å². The van der Waals surface area contributed by atoms with E-state index in [0.717, 1.165) is 5.56 Å². The molecule has 3 aromatic carbocycles. The molecule has 6 nitrogen and oxygen atoms in total. The summed E-state index contributed by atoms with van der Waals surface area (Å²) in [7, 11) is 7.90. The first kappa shape index (κ1) is 22.3. The van der Waals surface area contributed by atoms with E-state index in [4.69, 9.17) is 23.7 Å². The van der Waals surface area contributed by atoms with E-state index in [1.54, 1.807) is 71.9 Å². The summed E-state index contributed by atoms with van der Waals surface area (Å²) in [5.41, 5.74) is 1.02. The van der Waals surface area contributed by atoms with Gasteiger partial charge in [0.1, 0.15) is 34.3 Å².